The van der Waals surface area contributed by atoms with Crippen LogP contribution in [0.25, 0.3) is 11.3 Å². The molecule has 0 spiro atoms. The van der Waals surface area contributed by atoms with E-state index in [9.17, 15) is 18.8 Å². The van der Waals surface area contributed by atoms with Crippen molar-refractivity contribution in [2.75, 3.05) is 26.2 Å². The van der Waals surface area contributed by atoms with Crippen molar-refractivity contribution in [1.82, 2.24) is 19.4 Å². The van der Waals surface area contributed by atoms with Gasteiger partial charge in [-0.1, -0.05) is 51.1 Å². The van der Waals surface area contributed by atoms with Crippen molar-refractivity contribution in [2.45, 2.75) is 72.7 Å². The number of nitrogens with zero attached hydrogens (tertiary/aromatic N) is 4. The number of esters is 1. The number of hydrogen-bond acceptors (Lipinski definition) is 7. The van der Waals surface area contributed by atoms with Crippen LogP contribution in [-0.2, 0) is 25.6 Å². The van der Waals surface area contributed by atoms with Crippen molar-refractivity contribution in [3.05, 3.63) is 77.8 Å². The monoisotopic (exact) mass is 653 g/mol. The molecule has 2 heterocycles. The van der Waals surface area contributed by atoms with Crippen LogP contribution >= 0.6 is 0 Å². The first-order chi connectivity index (χ1) is 21.9. The predicted molar refractivity (Wildman–Crippen MR) is 173 cm³/mol. The SMILES string of the molecule is CC(=O)OCC(=O)N(CC1CN(C(=O)OC(C)(C)C)CC1N)[C@@H](c1nc(-c2cc(F)ccc2F)cn1Cc1ccccc1)C(C)(C)C. The quantitative estimate of drug-likeness (QED) is 0.301. The molecule has 0 aliphatic carbocycles. The number of amides is 2. The van der Waals surface area contributed by atoms with Crippen LogP contribution in [0, 0.1) is 23.0 Å². The number of halogens is 2. The second-order valence-electron chi connectivity index (χ2n) is 14.1. The highest BCUT2D eigenvalue weighted by Gasteiger charge is 2.43. The summed E-state index contributed by atoms with van der Waals surface area (Å²) in [5.74, 6) is -2.30. The lowest BCUT2D eigenvalue weighted by Crippen LogP contribution is -2.48. The number of ether oxygens (including phenoxy) is 2. The molecule has 1 fully saturated rings. The van der Waals surface area contributed by atoms with E-state index < -0.39 is 59.3 Å². The Hall–Kier alpha value is -4.32. The van der Waals surface area contributed by atoms with Crippen molar-refractivity contribution < 1.29 is 32.6 Å². The molecule has 3 aromatic rings. The second-order valence-corrected chi connectivity index (χ2v) is 14.1. The largest absolute Gasteiger partial charge is 0.456 e. The van der Waals surface area contributed by atoms with E-state index in [4.69, 9.17) is 20.2 Å². The number of imidazole rings is 1. The van der Waals surface area contributed by atoms with E-state index in [-0.39, 0.29) is 36.8 Å². The number of likely N-dealkylation sites (tertiary alicyclic amines) is 1. The molecule has 2 N–H and O–H groups in total. The Balaban J connectivity index is 1.81. The van der Waals surface area contributed by atoms with Crippen molar-refractivity contribution in [3.63, 3.8) is 0 Å². The third-order valence-electron chi connectivity index (χ3n) is 7.88. The topological polar surface area (TPSA) is 120 Å². The molecular formula is C35H45F2N5O5. The molecule has 1 aliphatic rings. The van der Waals surface area contributed by atoms with E-state index in [1.165, 1.54) is 11.8 Å². The van der Waals surface area contributed by atoms with E-state index in [2.05, 4.69) is 0 Å². The molecule has 1 aliphatic heterocycles. The van der Waals surface area contributed by atoms with Crippen LogP contribution in [0.1, 0.15) is 65.9 Å². The third kappa shape index (κ3) is 9.15. The fourth-order valence-corrected chi connectivity index (χ4v) is 5.79. The highest BCUT2D eigenvalue weighted by molar-refractivity contribution is 5.80. The van der Waals surface area contributed by atoms with Gasteiger partial charge in [0, 0.05) is 56.8 Å². The van der Waals surface area contributed by atoms with Gasteiger partial charge in [-0.3, -0.25) is 9.59 Å². The van der Waals surface area contributed by atoms with E-state index in [1.807, 2.05) is 55.7 Å². The number of carbonyl (C=O) groups is 3. The van der Waals surface area contributed by atoms with Crippen LogP contribution in [0.4, 0.5) is 13.6 Å². The van der Waals surface area contributed by atoms with Crippen molar-refractivity contribution in [1.29, 1.82) is 0 Å². The minimum absolute atomic E-state index is 0.0191. The zero-order valence-electron chi connectivity index (χ0n) is 28.1. The maximum Gasteiger partial charge on any atom is 0.410 e. The maximum atomic E-state index is 15.1. The highest BCUT2D eigenvalue weighted by Crippen LogP contribution is 2.40. The molecule has 2 aromatic carbocycles. The summed E-state index contributed by atoms with van der Waals surface area (Å²) in [5, 5.41) is 0. The van der Waals surface area contributed by atoms with Gasteiger partial charge in [-0.15, -0.1) is 0 Å². The van der Waals surface area contributed by atoms with Crippen LogP contribution in [0.5, 0.6) is 0 Å². The molecule has 12 heteroatoms. The molecule has 10 nitrogen and oxygen atoms in total. The van der Waals surface area contributed by atoms with Gasteiger partial charge in [0.2, 0.25) is 0 Å². The lowest BCUT2D eigenvalue weighted by Gasteiger charge is -2.41. The lowest BCUT2D eigenvalue weighted by molar-refractivity contribution is -0.153. The van der Waals surface area contributed by atoms with Gasteiger partial charge < -0.3 is 29.6 Å². The van der Waals surface area contributed by atoms with Crippen molar-refractivity contribution in [2.24, 2.45) is 17.1 Å². The molecule has 1 aromatic heterocycles. The summed E-state index contributed by atoms with van der Waals surface area (Å²) in [6.45, 7) is 12.8. The molecule has 3 atom stereocenters. The number of rotatable bonds is 9. The van der Waals surface area contributed by atoms with E-state index in [1.54, 1.807) is 31.9 Å². The Kier molecular flexibility index (Phi) is 10.7. The van der Waals surface area contributed by atoms with Gasteiger partial charge in [-0.25, -0.2) is 18.6 Å². The molecule has 2 unspecified atom stereocenters. The molecule has 0 bridgehead atoms. The molecule has 1 saturated heterocycles. The Morgan fingerprint density at radius 1 is 1.04 bits per heavy atom. The Morgan fingerprint density at radius 3 is 2.34 bits per heavy atom. The fraction of sp³-hybridized carbons (Fsp3) is 0.486. The normalized spacial score (nSPS) is 17.4. The smallest absolute Gasteiger partial charge is 0.410 e. The van der Waals surface area contributed by atoms with Crippen molar-refractivity contribution in [3.8, 4) is 11.3 Å². The minimum atomic E-state index is -0.748. The van der Waals surface area contributed by atoms with Crippen LogP contribution < -0.4 is 5.73 Å². The van der Waals surface area contributed by atoms with Gasteiger partial charge in [0.05, 0.1) is 11.7 Å². The predicted octanol–water partition coefficient (Wildman–Crippen LogP) is 5.55. The first-order valence-electron chi connectivity index (χ1n) is 15.7. The molecule has 47 heavy (non-hydrogen) atoms. The Morgan fingerprint density at radius 2 is 1.72 bits per heavy atom. The zero-order chi connectivity index (χ0) is 34.7. The van der Waals surface area contributed by atoms with Gasteiger partial charge in [-0.05, 0) is 49.9 Å². The van der Waals surface area contributed by atoms with E-state index >= 15 is 4.39 Å². The number of nitrogens with two attached hydrogens (primary N) is 1. The highest BCUT2D eigenvalue weighted by atomic mass is 19.1. The van der Waals surface area contributed by atoms with Gasteiger partial charge >= 0.3 is 12.1 Å². The van der Waals surface area contributed by atoms with Crippen LogP contribution in [0.15, 0.2) is 54.7 Å². The fourth-order valence-electron chi connectivity index (χ4n) is 5.79. The summed E-state index contributed by atoms with van der Waals surface area (Å²) in [4.78, 5) is 46.7. The van der Waals surface area contributed by atoms with Crippen molar-refractivity contribution >= 4 is 18.0 Å². The first kappa shape index (κ1) is 35.5. The van der Waals surface area contributed by atoms with Crippen LogP contribution in [-0.4, -0.2) is 75.2 Å². The minimum Gasteiger partial charge on any atom is -0.456 e. The summed E-state index contributed by atoms with van der Waals surface area (Å²) >= 11 is 0. The molecule has 0 saturated carbocycles. The molecule has 254 valence electrons. The molecule has 2 amide bonds. The van der Waals surface area contributed by atoms with Gasteiger partial charge in [-0.2, -0.15) is 0 Å². The number of hydrogen-bond donors (Lipinski definition) is 1. The number of aromatic nitrogens is 2. The molecule has 0 radical (unpaired) electrons. The summed E-state index contributed by atoms with van der Waals surface area (Å²) in [7, 11) is 0. The standard InChI is InChI=1S/C35H45F2N5O5/c1-22(43)46-21-30(44)42(18-24-17-41(19-28(24)38)33(45)47-35(5,6)7)31(34(2,3)4)32-39-29(26-15-25(36)13-14-27(26)37)20-40(32)16-23-11-9-8-10-12-23/h8-15,20,24,28,31H,16-19,21,38H2,1-7H3/t24?,28?,31-/m0/s1. The number of benzene rings is 2. The van der Waals surface area contributed by atoms with Gasteiger partial charge in [0.1, 0.15) is 23.1 Å². The van der Waals surface area contributed by atoms with E-state index in [0.29, 0.717) is 12.4 Å². The Bertz CT molecular complexity index is 1580. The second kappa shape index (κ2) is 14.2. The maximum absolute atomic E-state index is 15.1. The van der Waals surface area contributed by atoms with Gasteiger partial charge in [0.25, 0.3) is 5.91 Å². The number of carbonyl (C=O) groups excluding carboxylic acids is 3. The van der Waals surface area contributed by atoms with Crippen LogP contribution in [0.3, 0.4) is 0 Å². The average molecular weight is 654 g/mol. The summed E-state index contributed by atoms with van der Waals surface area (Å²) in [5.41, 5.74) is 6.30. The average Bonchev–Trinajstić information content (AvgIpc) is 3.54. The van der Waals surface area contributed by atoms with Gasteiger partial charge in [0.15, 0.2) is 6.61 Å². The summed E-state index contributed by atoms with van der Waals surface area (Å²) in [6.07, 6.45) is 1.15. The zero-order valence-corrected chi connectivity index (χ0v) is 28.1. The lowest BCUT2D eigenvalue weighted by atomic mass is 9.84. The summed E-state index contributed by atoms with van der Waals surface area (Å²) in [6, 6.07) is 11.5. The molecule has 4 rings (SSSR count). The van der Waals surface area contributed by atoms with Crippen LogP contribution in [0.2, 0.25) is 0 Å². The Labute approximate surface area is 274 Å². The molecular weight excluding hydrogens is 608 g/mol. The first-order valence-corrected chi connectivity index (χ1v) is 15.7. The summed E-state index contributed by atoms with van der Waals surface area (Å²) < 4.78 is 41.9. The van der Waals surface area contributed by atoms with E-state index in [0.717, 1.165) is 23.8 Å². The third-order valence-corrected chi connectivity index (χ3v) is 7.88.